The van der Waals surface area contributed by atoms with E-state index >= 15 is 0 Å². The first kappa shape index (κ1) is 16.8. The number of hydrogen-bond donors (Lipinski definition) is 0. The Hall–Kier alpha value is -2.37. The van der Waals surface area contributed by atoms with Crippen molar-refractivity contribution in [2.45, 2.75) is 38.8 Å². The Morgan fingerprint density at radius 3 is 2.81 bits per heavy atom. The van der Waals surface area contributed by atoms with Gasteiger partial charge in [0.2, 0.25) is 0 Å². The summed E-state index contributed by atoms with van der Waals surface area (Å²) in [7, 11) is 0. The van der Waals surface area contributed by atoms with Crippen LogP contribution in [0.5, 0.6) is 5.75 Å². The third kappa shape index (κ3) is 2.91. The second kappa shape index (κ2) is 6.66. The summed E-state index contributed by atoms with van der Waals surface area (Å²) >= 11 is 6.54. The highest BCUT2D eigenvalue weighted by atomic mass is 35.5. The van der Waals surface area contributed by atoms with Gasteiger partial charge < -0.3 is 9.15 Å². The molecule has 2 aromatic heterocycles. The maximum absolute atomic E-state index is 12.6. The molecule has 6 heteroatoms. The van der Waals surface area contributed by atoms with Gasteiger partial charge in [-0.05, 0) is 49.4 Å². The van der Waals surface area contributed by atoms with Crippen LogP contribution >= 0.6 is 11.6 Å². The van der Waals surface area contributed by atoms with Gasteiger partial charge in [0.25, 0.3) is 0 Å². The molecule has 5 nitrogen and oxygen atoms in total. The van der Waals surface area contributed by atoms with Gasteiger partial charge in [-0.25, -0.2) is 4.79 Å². The van der Waals surface area contributed by atoms with Crippen LogP contribution in [0.25, 0.3) is 11.0 Å². The van der Waals surface area contributed by atoms with E-state index in [-0.39, 0.29) is 5.63 Å². The summed E-state index contributed by atoms with van der Waals surface area (Å²) in [6.45, 7) is 1.68. The van der Waals surface area contributed by atoms with Gasteiger partial charge in [-0.2, -0.15) is 0 Å². The summed E-state index contributed by atoms with van der Waals surface area (Å²) in [6, 6.07) is 7.76. The zero-order valence-electron chi connectivity index (χ0n) is 14.8. The Morgan fingerprint density at radius 2 is 2.00 bits per heavy atom. The highest BCUT2D eigenvalue weighted by molar-refractivity contribution is 6.33. The minimum atomic E-state index is -0.219. The molecule has 2 aliphatic rings. The number of aryl methyl sites for hydroxylation is 1. The molecule has 1 aliphatic heterocycles. The molecule has 0 unspecified atom stereocenters. The Bertz CT molecular complexity index is 1080. The summed E-state index contributed by atoms with van der Waals surface area (Å²) in [5.41, 5.74) is 4.13. The number of nitrogens with zero attached hydrogens (tertiary/aromatic N) is 2. The molecule has 0 radical (unpaired) electrons. The molecular formula is C21H19ClN2O3. The Balaban J connectivity index is 1.61. The summed E-state index contributed by atoms with van der Waals surface area (Å²) < 4.78 is 11.7. The lowest BCUT2D eigenvalue weighted by Crippen LogP contribution is -2.32. The maximum Gasteiger partial charge on any atom is 0.339 e. The van der Waals surface area contributed by atoms with Crippen molar-refractivity contribution in [2.75, 3.05) is 6.73 Å². The topological polar surface area (TPSA) is 55.6 Å². The molecule has 5 rings (SSSR count). The largest absolute Gasteiger partial charge is 0.476 e. The van der Waals surface area contributed by atoms with Crippen molar-refractivity contribution in [3.05, 3.63) is 68.3 Å². The van der Waals surface area contributed by atoms with Crippen LogP contribution in [0.2, 0.25) is 5.02 Å². The molecule has 1 aromatic carbocycles. The molecule has 27 heavy (non-hydrogen) atoms. The molecule has 1 aliphatic carbocycles. The van der Waals surface area contributed by atoms with E-state index in [9.17, 15) is 4.79 Å². The van der Waals surface area contributed by atoms with Gasteiger partial charge in [-0.1, -0.05) is 17.7 Å². The fraction of sp³-hybridized carbons (Fsp3) is 0.333. The van der Waals surface area contributed by atoms with Crippen LogP contribution in [0, 0.1) is 0 Å². The first-order valence-electron chi connectivity index (χ1n) is 9.25. The lowest BCUT2D eigenvalue weighted by atomic mass is 9.90. The van der Waals surface area contributed by atoms with Gasteiger partial charge in [0, 0.05) is 30.2 Å². The van der Waals surface area contributed by atoms with Gasteiger partial charge in [-0.15, -0.1) is 0 Å². The lowest BCUT2D eigenvalue weighted by Gasteiger charge is -2.30. The van der Waals surface area contributed by atoms with Gasteiger partial charge in [-0.3, -0.25) is 9.88 Å². The number of halogens is 1. The van der Waals surface area contributed by atoms with Crippen molar-refractivity contribution >= 4 is 22.6 Å². The molecule has 0 saturated heterocycles. The minimum Gasteiger partial charge on any atom is -0.476 e. The molecule has 0 fully saturated rings. The Morgan fingerprint density at radius 1 is 1.15 bits per heavy atom. The van der Waals surface area contributed by atoms with E-state index in [1.807, 2.05) is 24.3 Å². The van der Waals surface area contributed by atoms with E-state index in [2.05, 4.69) is 9.88 Å². The molecule has 0 spiro atoms. The van der Waals surface area contributed by atoms with Crippen molar-refractivity contribution in [3.8, 4) is 5.75 Å². The third-order valence-corrected chi connectivity index (χ3v) is 5.68. The predicted molar refractivity (Wildman–Crippen MR) is 103 cm³/mol. The SMILES string of the molecule is O=c1oc2c3c(c(Cl)cc2c2c1CCCC2)OCN(Cc1ccccn1)C3. The second-order valence-corrected chi connectivity index (χ2v) is 7.59. The molecule has 3 heterocycles. The molecular weight excluding hydrogens is 364 g/mol. The number of ether oxygens (including phenoxy) is 1. The van der Waals surface area contributed by atoms with E-state index in [1.54, 1.807) is 6.20 Å². The van der Waals surface area contributed by atoms with Gasteiger partial charge >= 0.3 is 5.63 Å². The van der Waals surface area contributed by atoms with Crippen LogP contribution < -0.4 is 10.4 Å². The van der Waals surface area contributed by atoms with Crippen LogP contribution in [0.3, 0.4) is 0 Å². The molecule has 0 amide bonds. The third-order valence-electron chi connectivity index (χ3n) is 5.40. The smallest absolute Gasteiger partial charge is 0.339 e. The van der Waals surface area contributed by atoms with Crippen LogP contribution in [-0.4, -0.2) is 16.6 Å². The van der Waals surface area contributed by atoms with Crippen LogP contribution in [0.15, 0.2) is 39.7 Å². The van der Waals surface area contributed by atoms with Crippen LogP contribution in [0.1, 0.15) is 35.2 Å². The van der Waals surface area contributed by atoms with Crippen molar-refractivity contribution < 1.29 is 9.15 Å². The molecule has 138 valence electrons. The second-order valence-electron chi connectivity index (χ2n) is 7.18. The van der Waals surface area contributed by atoms with Gasteiger partial charge in [0.15, 0.2) is 0 Å². The van der Waals surface area contributed by atoms with E-state index in [0.29, 0.717) is 36.2 Å². The molecule has 0 N–H and O–H groups in total. The number of pyridine rings is 1. The highest BCUT2D eigenvalue weighted by Gasteiger charge is 2.27. The number of fused-ring (bicyclic) bond motifs is 5. The molecule has 0 bridgehead atoms. The van der Waals surface area contributed by atoms with Crippen molar-refractivity contribution in [1.29, 1.82) is 0 Å². The van der Waals surface area contributed by atoms with Gasteiger partial charge in [0.05, 0.1) is 16.3 Å². The fourth-order valence-corrected chi connectivity index (χ4v) is 4.42. The fourth-order valence-electron chi connectivity index (χ4n) is 4.14. The summed E-state index contributed by atoms with van der Waals surface area (Å²) in [5.74, 6) is 0.625. The number of rotatable bonds is 2. The zero-order valence-corrected chi connectivity index (χ0v) is 15.6. The predicted octanol–water partition coefficient (Wildman–Crippen LogP) is 4.07. The lowest BCUT2D eigenvalue weighted by molar-refractivity contribution is 0.0879. The average molecular weight is 383 g/mol. The summed E-state index contributed by atoms with van der Waals surface area (Å²) in [4.78, 5) is 19.1. The number of aromatic nitrogens is 1. The monoisotopic (exact) mass is 382 g/mol. The first-order chi connectivity index (χ1) is 13.2. The molecule has 0 atom stereocenters. The van der Waals surface area contributed by atoms with Gasteiger partial charge in [0.1, 0.15) is 18.1 Å². The standard InChI is InChI=1S/C21H19ClN2O3/c22-18-9-16-14-6-1-2-7-15(14)21(25)27-19(16)17-11-24(12-26-20(17)18)10-13-5-3-4-8-23-13/h3-5,8-9H,1-2,6-7,10-12H2. The Kier molecular flexibility index (Phi) is 4.14. The van der Waals surface area contributed by atoms with Crippen LogP contribution in [-0.2, 0) is 25.9 Å². The average Bonchev–Trinajstić information content (AvgIpc) is 2.70. The maximum atomic E-state index is 12.6. The summed E-state index contributed by atoms with van der Waals surface area (Å²) in [6.07, 6.45) is 5.58. The van der Waals surface area contributed by atoms with E-state index in [4.69, 9.17) is 20.8 Å². The van der Waals surface area contributed by atoms with Crippen molar-refractivity contribution in [1.82, 2.24) is 9.88 Å². The highest BCUT2D eigenvalue weighted by Crippen LogP contribution is 2.40. The van der Waals surface area contributed by atoms with Crippen LogP contribution in [0.4, 0.5) is 0 Å². The molecule has 0 saturated carbocycles. The van der Waals surface area contributed by atoms with Crippen molar-refractivity contribution in [2.24, 2.45) is 0 Å². The number of benzene rings is 1. The molecule has 3 aromatic rings. The Labute approximate surface area is 161 Å². The quantitative estimate of drug-likeness (QED) is 0.625. The number of hydrogen-bond acceptors (Lipinski definition) is 5. The van der Waals surface area contributed by atoms with E-state index < -0.39 is 0 Å². The normalized spacial score (nSPS) is 16.6. The minimum absolute atomic E-state index is 0.219. The first-order valence-corrected chi connectivity index (χ1v) is 9.63. The van der Waals surface area contributed by atoms with E-state index in [1.165, 1.54) is 0 Å². The van der Waals surface area contributed by atoms with Crippen molar-refractivity contribution in [3.63, 3.8) is 0 Å². The summed E-state index contributed by atoms with van der Waals surface area (Å²) in [5, 5.41) is 1.54. The van der Waals surface area contributed by atoms with E-state index in [0.717, 1.165) is 53.5 Å². The zero-order chi connectivity index (χ0) is 18.4.